The van der Waals surface area contributed by atoms with E-state index in [1.54, 1.807) is 0 Å². The van der Waals surface area contributed by atoms with Crippen molar-refractivity contribution in [1.29, 1.82) is 0 Å². The van der Waals surface area contributed by atoms with Gasteiger partial charge in [0.25, 0.3) is 0 Å². The molecule has 1 aromatic rings. The summed E-state index contributed by atoms with van der Waals surface area (Å²) in [6.45, 7) is -0.961. The zero-order chi connectivity index (χ0) is 16.0. The number of sulfonamides is 1. The molecule has 0 unspecified atom stereocenters. The number of hydrogen-bond donors (Lipinski definition) is 2. The fourth-order valence-electron chi connectivity index (χ4n) is 1.35. The Bertz CT molecular complexity index is 609. The Hall–Kier alpha value is -1.97. The minimum absolute atomic E-state index is 0.104. The standard InChI is InChI=1S/C12H16N2O6S/c1-14(2)21(18,19)10-5-3-9(4-6-10)13-11(15)7-20-8-12(16)17/h3-6H,7-8H2,1-2H3,(H,13,15)(H,16,17). The third kappa shape index (κ3) is 5.14. The van der Waals surface area contributed by atoms with Gasteiger partial charge in [0, 0.05) is 19.8 Å². The number of carbonyl (C=O) groups is 2. The van der Waals surface area contributed by atoms with Gasteiger partial charge in [0.05, 0.1) is 4.90 Å². The topological polar surface area (TPSA) is 113 Å². The monoisotopic (exact) mass is 316 g/mol. The molecule has 0 aliphatic rings. The van der Waals surface area contributed by atoms with Crippen LogP contribution in [-0.4, -0.2) is 57.0 Å². The maximum Gasteiger partial charge on any atom is 0.329 e. The normalized spacial score (nSPS) is 11.4. The summed E-state index contributed by atoms with van der Waals surface area (Å²) in [6.07, 6.45) is 0. The Morgan fingerprint density at radius 1 is 1.19 bits per heavy atom. The quantitative estimate of drug-likeness (QED) is 0.731. The Morgan fingerprint density at radius 3 is 2.24 bits per heavy atom. The first-order valence-electron chi connectivity index (χ1n) is 5.85. The molecule has 9 heteroatoms. The molecule has 0 spiro atoms. The van der Waals surface area contributed by atoms with E-state index in [1.807, 2.05) is 0 Å². The van der Waals surface area contributed by atoms with Gasteiger partial charge in [-0.05, 0) is 24.3 Å². The van der Waals surface area contributed by atoms with Crippen LogP contribution in [0.5, 0.6) is 0 Å². The lowest BCUT2D eigenvalue weighted by Crippen LogP contribution is -2.22. The molecule has 0 saturated heterocycles. The maximum atomic E-state index is 11.8. The molecule has 1 rings (SSSR count). The molecule has 1 aromatic carbocycles. The van der Waals surface area contributed by atoms with Gasteiger partial charge in [-0.1, -0.05) is 0 Å². The molecule has 0 radical (unpaired) electrons. The number of ether oxygens (including phenoxy) is 1. The minimum atomic E-state index is -3.52. The molecule has 0 aliphatic carbocycles. The predicted molar refractivity (Wildman–Crippen MR) is 74.4 cm³/mol. The molecule has 0 atom stereocenters. The van der Waals surface area contributed by atoms with Crippen LogP contribution in [0.25, 0.3) is 0 Å². The zero-order valence-electron chi connectivity index (χ0n) is 11.6. The second-order valence-electron chi connectivity index (χ2n) is 4.25. The fraction of sp³-hybridized carbons (Fsp3) is 0.333. The van der Waals surface area contributed by atoms with Gasteiger partial charge in [-0.2, -0.15) is 0 Å². The molecule has 0 heterocycles. The molecule has 0 fully saturated rings. The average molecular weight is 316 g/mol. The number of carboxylic acids is 1. The molecular weight excluding hydrogens is 300 g/mol. The largest absolute Gasteiger partial charge is 0.480 e. The third-order valence-electron chi connectivity index (χ3n) is 2.38. The second-order valence-corrected chi connectivity index (χ2v) is 6.40. The number of nitrogens with zero attached hydrogens (tertiary/aromatic N) is 1. The van der Waals surface area contributed by atoms with Gasteiger partial charge in [0.1, 0.15) is 13.2 Å². The van der Waals surface area contributed by atoms with Crippen molar-refractivity contribution in [1.82, 2.24) is 4.31 Å². The highest BCUT2D eigenvalue weighted by atomic mass is 32.2. The van der Waals surface area contributed by atoms with Crippen LogP contribution >= 0.6 is 0 Å². The van der Waals surface area contributed by atoms with Crippen molar-refractivity contribution in [2.24, 2.45) is 0 Å². The number of aliphatic carboxylic acids is 1. The number of rotatable bonds is 7. The highest BCUT2D eigenvalue weighted by Crippen LogP contribution is 2.16. The summed E-state index contributed by atoms with van der Waals surface area (Å²) in [4.78, 5) is 21.7. The smallest absolute Gasteiger partial charge is 0.329 e. The summed E-state index contributed by atoms with van der Waals surface area (Å²) in [6, 6.07) is 5.60. The van der Waals surface area contributed by atoms with E-state index in [0.717, 1.165) is 4.31 Å². The third-order valence-corrected chi connectivity index (χ3v) is 4.20. The van der Waals surface area contributed by atoms with E-state index in [-0.39, 0.29) is 4.90 Å². The first-order chi connectivity index (χ1) is 9.73. The van der Waals surface area contributed by atoms with Crippen molar-refractivity contribution in [3.63, 3.8) is 0 Å². The molecule has 1 amide bonds. The van der Waals surface area contributed by atoms with Crippen LogP contribution in [-0.2, 0) is 24.3 Å². The minimum Gasteiger partial charge on any atom is -0.480 e. The van der Waals surface area contributed by atoms with Crippen molar-refractivity contribution in [3.8, 4) is 0 Å². The number of benzene rings is 1. The summed E-state index contributed by atoms with van der Waals surface area (Å²) in [5.41, 5.74) is 0.386. The Balaban J connectivity index is 2.63. The predicted octanol–water partition coefficient (Wildman–Crippen LogP) is -0.0234. The van der Waals surface area contributed by atoms with Crippen LogP contribution in [0, 0.1) is 0 Å². The van der Waals surface area contributed by atoms with E-state index in [4.69, 9.17) is 5.11 Å². The van der Waals surface area contributed by atoms with Gasteiger partial charge in [0.15, 0.2) is 0 Å². The highest BCUT2D eigenvalue weighted by molar-refractivity contribution is 7.89. The van der Waals surface area contributed by atoms with Crippen molar-refractivity contribution in [2.75, 3.05) is 32.6 Å². The van der Waals surface area contributed by atoms with E-state index in [2.05, 4.69) is 10.1 Å². The van der Waals surface area contributed by atoms with Crippen molar-refractivity contribution in [3.05, 3.63) is 24.3 Å². The molecule has 0 saturated carbocycles. The van der Waals surface area contributed by atoms with E-state index in [1.165, 1.54) is 38.4 Å². The number of carbonyl (C=O) groups excluding carboxylic acids is 1. The van der Waals surface area contributed by atoms with Crippen molar-refractivity contribution < 1.29 is 27.9 Å². The summed E-state index contributed by atoms with van der Waals surface area (Å²) >= 11 is 0. The highest BCUT2D eigenvalue weighted by Gasteiger charge is 2.16. The second kappa shape index (κ2) is 7.16. The van der Waals surface area contributed by atoms with Crippen LogP contribution in [0.15, 0.2) is 29.2 Å². The Morgan fingerprint density at radius 2 is 1.76 bits per heavy atom. The summed E-state index contributed by atoms with van der Waals surface area (Å²) in [5.74, 6) is -1.69. The lowest BCUT2D eigenvalue weighted by Gasteiger charge is -2.12. The van der Waals surface area contributed by atoms with E-state index >= 15 is 0 Å². The zero-order valence-corrected chi connectivity index (χ0v) is 12.4. The fourth-order valence-corrected chi connectivity index (χ4v) is 2.25. The van der Waals surface area contributed by atoms with Crippen LogP contribution < -0.4 is 5.32 Å². The first-order valence-corrected chi connectivity index (χ1v) is 7.29. The number of nitrogens with one attached hydrogen (secondary N) is 1. The van der Waals surface area contributed by atoms with Crippen LogP contribution in [0.2, 0.25) is 0 Å². The van der Waals surface area contributed by atoms with Crippen molar-refractivity contribution in [2.45, 2.75) is 4.90 Å². The number of hydrogen-bond acceptors (Lipinski definition) is 5. The molecule has 2 N–H and O–H groups in total. The van der Waals surface area contributed by atoms with E-state index in [9.17, 15) is 18.0 Å². The van der Waals surface area contributed by atoms with Gasteiger partial charge in [0.2, 0.25) is 15.9 Å². The molecular formula is C12H16N2O6S. The van der Waals surface area contributed by atoms with Gasteiger partial charge >= 0.3 is 5.97 Å². The Labute approximate surface area is 122 Å². The van der Waals surface area contributed by atoms with Crippen molar-refractivity contribution >= 4 is 27.6 Å². The van der Waals surface area contributed by atoms with Crippen LogP contribution in [0.1, 0.15) is 0 Å². The van der Waals surface area contributed by atoms with Gasteiger partial charge in [-0.3, -0.25) is 4.79 Å². The van der Waals surface area contributed by atoms with Crippen LogP contribution in [0.3, 0.4) is 0 Å². The SMILES string of the molecule is CN(C)S(=O)(=O)c1ccc(NC(=O)COCC(=O)O)cc1. The molecule has 0 bridgehead atoms. The maximum absolute atomic E-state index is 11.8. The summed E-state index contributed by atoms with van der Waals surface area (Å²) < 4.78 is 29.4. The van der Waals surface area contributed by atoms with E-state index < -0.39 is 35.1 Å². The van der Waals surface area contributed by atoms with Gasteiger partial charge in [-0.15, -0.1) is 0 Å². The molecule has 116 valence electrons. The Kier molecular flexibility index (Phi) is 5.82. The molecule has 0 aromatic heterocycles. The average Bonchev–Trinajstić information content (AvgIpc) is 2.38. The van der Waals surface area contributed by atoms with E-state index in [0.29, 0.717) is 5.69 Å². The molecule has 21 heavy (non-hydrogen) atoms. The molecule has 8 nitrogen and oxygen atoms in total. The number of carboxylic acid groups (broad SMARTS) is 1. The lowest BCUT2D eigenvalue weighted by atomic mass is 10.3. The summed E-state index contributed by atoms with van der Waals surface area (Å²) in [5, 5.41) is 10.8. The molecule has 0 aliphatic heterocycles. The number of amides is 1. The number of anilines is 1. The summed E-state index contributed by atoms with van der Waals surface area (Å²) in [7, 11) is -0.672. The first kappa shape index (κ1) is 17.1. The lowest BCUT2D eigenvalue weighted by molar-refractivity contribution is -0.143. The van der Waals surface area contributed by atoms with Crippen LogP contribution in [0.4, 0.5) is 5.69 Å². The van der Waals surface area contributed by atoms with Gasteiger partial charge < -0.3 is 15.2 Å². The van der Waals surface area contributed by atoms with Gasteiger partial charge in [-0.25, -0.2) is 17.5 Å².